The van der Waals surface area contributed by atoms with Gasteiger partial charge in [0.2, 0.25) is 0 Å². The molecule has 1 aliphatic heterocycles. The number of fused-ring (bicyclic) bond motifs is 2. The van der Waals surface area contributed by atoms with Crippen LogP contribution < -0.4 is 0 Å². The minimum absolute atomic E-state index is 0.0711. The third-order valence-electron chi connectivity index (χ3n) is 9.49. The lowest BCUT2D eigenvalue weighted by molar-refractivity contribution is -0.466. The summed E-state index contributed by atoms with van der Waals surface area (Å²) in [6.07, 6.45) is -11.9. The predicted octanol–water partition coefficient (Wildman–Crippen LogP) is 8.98. The van der Waals surface area contributed by atoms with Crippen LogP contribution >= 0.6 is 0 Å². The topological polar surface area (TPSA) is 18.5 Å². The van der Waals surface area contributed by atoms with Crippen LogP contribution in [-0.4, -0.2) is 66.6 Å². The lowest BCUT2D eigenvalue weighted by atomic mass is 9.70. The Morgan fingerprint density at radius 2 is 1.07 bits per heavy atom. The first-order chi connectivity index (χ1) is 18.4. The van der Waals surface area contributed by atoms with E-state index in [1.54, 1.807) is 20.8 Å². The highest BCUT2D eigenvalue weighted by Crippen LogP contribution is 2.68. The Hall–Kier alpha value is -1.27. The summed E-state index contributed by atoms with van der Waals surface area (Å²) >= 11 is 0. The zero-order valence-corrected chi connectivity index (χ0v) is 21.8. The molecule has 2 nitrogen and oxygen atoms in total. The van der Waals surface area contributed by atoms with Gasteiger partial charge in [-0.1, -0.05) is 20.8 Å². The first kappa shape index (κ1) is 35.2. The smallest absolute Gasteiger partial charge is 0.352 e. The second kappa shape index (κ2) is 9.61. The van der Waals surface area contributed by atoms with Crippen molar-refractivity contribution in [3.63, 3.8) is 0 Å². The molecular formula is C23H25F17O2. The average molecular weight is 656 g/mol. The van der Waals surface area contributed by atoms with E-state index >= 15 is 8.78 Å². The molecule has 0 aromatic rings. The molecule has 0 unspecified atom stereocenters. The fraction of sp³-hybridized carbons (Fsp3) is 1.00. The van der Waals surface area contributed by atoms with E-state index in [4.69, 9.17) is 9.47 Å². The quantitative estimate of drug-likeness (QED) is 0.231. The van der Waals surface area contributed by atoms with Crippen molar-refractivity contribution in [2.24, 2.45) is 22.7 Å². The van der Waals surface area contributed by atoms with Crippen molar-refractivity contribution in [1.29, 1.82) is 0 Å². The van der Waals surface area contributed by atoms with Crippen LogP contribution in [0, 0.1) is 22.7 Å². The van der Waals surface area contributed by atoms with E-state index in [-0.39, 0.29) is 12.3 Å². The molecule has 5 atom stereocenters. The standard InChI is InChI=1S/C23H25F17O2/c1-14(2)10-6-7-15(14,3)12(9-10)42-13-11(5-4-8-41-13)16(24,25)17(26,27)18(28,29)19(30,31)20(32,33)21(34,35)22(36,37)23(38,39)40/h10-13H,4-9H2,1-3H3/t10-,11+,12+,13+,15+/m0/s1. The summed E-state index contributed by atoms with van der Waals surface area (Å²) in [5.74, 6) is -59.9. The maximum Gasteiger partial charge on any atom is 0.460 e. The Morgan fingerprint density at radius 1 is 0.619 bits per heavy atom. The summed E-state index contributed by atoms with van der Waals surface area (Å²) in [4.78, 5) is 0. The Morgan fingerprint density at radius 3 is 1.48 bits per heavy atom. The Labute approximate surface area is 227 Å². The maximum atomic E-state index is 15.1. The molecule has 248 valence electrons. The number of alkyl halides is 17. The molecule has 3 fully saturated rings. The molecule has 0 aromatic carbocycles. The molecule has 2 bridgehead atoms. The van der Waals surface area contributed by atoms with Gasteiger partial charge in [-0.05, 0) is 48.9 Å². The Kier molecular flexibility index (Phi) is 8.06. The van der Waals surface area contributed by atoms with Gasteiger partial charge in [-0.15, -0.1) is 0 Å². The largest absolute Gasteiger partial charge is 0.460 e. The van der Waals surface area contributed by atoms with Gasteiger partial charge in [-0.2, -0.15) is 74.6 Å². The molecule has 3 rings (SSSR count). The second-order valence-electron chi connectivity index (χ2n) is 11.8. The molecule has 0 radical (unpaired) electrons. The van der Waals surface area contributed by atoms with Crippen molar-refractivity contribution in [3.8, 4) is 0 Å². The van der Waals surface area contributed by atoms with E-state index < -0.39 is 96.2 Å². The minimum Gasteiger partial charge on any atom is -0.352 e. The summed E-state index contributed by atoms with van der Waals surface area (Å²) in [7, 11) is 0. The van der Waals surface area contributed by atoms with Gasteiger partial charge in [0, 0.05) is 6.61 Å². The number of rotatable bonds is 9. The normalized spacial score (nSPS) is 32.0. The average Bonchev–Trinajstić information content (AvgIpc) is 3.16. The summed E-state index contributed by atoms with van der Waals surface area (Å²) in [6, 6.07) is 0. The van der Waals surface area contributed by atoms with Gasteiger partial charge < -0.3 is 9.47 Å². The van der Waals surface area contributed by atoms with Gasteiger partial charge in [0.15, 0.2) is 6.29 Å². The fourth-order valence-electron chi connectivity index (χ4n) is 6.15. The van der Waals surface area contributed by atoms with Gasteiger partial charge in [0.25, 0.3) is 0 Å². The van der Waals surface area contributed by atoms with Crippen LogP contribution in [0.1, 0.15) is 52.9 Å². The van der Waals surface area contributed by atoms with E-state index in [1.165, 1.54) is 0 Å². The van der Waals surface area contributed by atoms with Gasteiger partial charge in [-0.25, -0.2) is 0 Å². The molecule has 19 heteroatoms. The third kappa shape index (κ3) is 4.26. The number of hydrogen-bond acceptors (Lipinski definition) is 2. The monoisotopic (exact) mass is 656 g/mol. The van der Waals surface area contributed by atoms with Crippen molar-refractivity contribution in [2.45, 2.75) is 113 Å². The molecule has 1 saturated heterocycles. The Bertz CT molecular complexity index is 1020. The van der Waals surface area contributed by atoms with Crippen LogP contribution in [-0.2, 0) is 9.47 Å². The van der Waals surface area contributed by atoms with Crippen LogP contribution in [0.5, 0.6) is 0 Å². The summed E-state index contributed by atoms with van der Waals surface area (Å²) in [6.45, 7) is 4.74. The van der Waals surface area contributed by atoms with E-state index in [9.17, 15) is 65.9 Å². The van der Waals surface area contributed by atoms with E-state index in [0.29, 0.717) is 12.8 Å². The third-order valence-corrected chi connectivity index (χ3v) is 9.49. The first-order valence-corrected chi connectivity index (χ1v) is 12.4. The zero-order chi connectivity index (χ0) is 33.0. The van der Waals surface area contributed by atoms with Crippen molar-refractivity contribution in [3.05, 3.63) is 0 Å². The van der Waals surface area contributed by atoms with Gasteiger partial charge in [0.1, 0.15) is 0 Å². The lowest BCUT2D eigenvalue weighted by Gasteiger charge is -2.47. The summed E-state index contributed by atoms with van der Waals surface area (Å²) in [5.41, 5.74) is -1.30. The number of ether oxygens (including phenoxy) is 2. The molecule has 3 aliphatic rings. The van der Waals surface area contributed by atoms with Crippen LogP contribution in [0.4, 0.5) is 74.6 Å². The molecule has 2 aliphatic carbocycles. The van der Waals surface area contributed by atoms with Gasteiger partial charge >= 0.3 is 47.6 Å². The summed E-state index contributed by atoms with van der Waals surface area (Å²) < 4.78 is 244. The second-order valence-corrected chi connectivity index (χ2v) is 11.8. The lowest BCUT2D eigenvalue weighted by Crippen LogP contribution is -2.75. The number of halogens is 17. The zero-order valence-electron chi connectivity index (χ0n) is 21.8. The van der Waals surface area contributed by atoms with Crippen molar-refractivity contribution < 1.29 is 84.1 Å². The van der Waals surface area contributed by atoms with Gasteiger partial charge in [0.05, 0.1) is 12.0 Å². The fourth-order valence-corrected chi connectivity index (χ4v) is 6.15. The van der Waals surface area contributed by atoms with E-state index in [0.717, 1.165) is 0 Å². The molecule has 0 spiro atoms. The van der Waals surface area contributed by atoms with Crippen LogP contribution in [0.2, 0.25) is 0 Å². The molecule has 42 heavy (non-hydrogen) atoms. The predicted molar refractivity (Wildman–Crippen MR) is 107 cm³/mol. The highest BCUT2D eigenvalue weighted by atomic mass is 19.4. The highest BCUT2D eigenvalue weighted by molar-refractivity contribution is 5.16. The maximum absolute atomic E-state index is 15.1. The molecular weight excluding hydrogens is 631 g/mol. The van der Waals surface area contributed by atoms with E-state index in [2.05, 4.69) is 0 Å². The van der Waals surface area contributed by atoms with E-state index in [1.807, 2.05) is 0 Å². The highest BCUT2D eigenvalue weighted by Gasteiger charge is 2.95. The van der Waals surface area contributed by atoms with Crippen LogP contribution in [0.25, 0.3) is 0 Å². The molecule has 1 heterocycles. The molecule has 0 amide bonds. The van der Waals surface area contributed by atoms with Gasteiger partial charge in [-0.3, -0.25) is 0 Å². The van der Waals surface area contributed by atoms with Crippen molar-refractivity contribution >= 4 is 0 Å². The van der Waals surface area contributed by atoms with Crippen molar-refractivity contribution in [2.75, 3.05) is 6.61 Å². The van der Waals surface area contributed by atoms with Crippen LogP contribution in [0.15, 0.2) is 0 Å². The number of hydrogen-bond donors (Lipinski definition) is 0. The van der Waals surface area contributed by atoms with Crippen LogP contribution in [0.3, 0.4) is 0 Å². The molecule has 2 saturated carbocycles. The minimum atomic E-state index is -8.65. The SMILES string of the molecule is CC1(C)[C@H]2CC[C@]1(C)[C@H](O[C@H]1OCCC[C@H]1C(F)(F)C(F)(F)C(F)(F)C(F)(F)C(F)(F)C(F)(F)C(F)(F)C(F)(F)F)C2. The molecule has 0 N–H and O–H groups in total. The molecule has 0 aromatic heterocycles. The van der Waals surface area contributed by atoms with Crippen molar-refractivity contribution in [1.82, 2.24) is 0 Å². The Balaban J connectivity index is 1.99. The summed E-state index contributed by atoms with van der Waals surface area (Å²) in [5, 5.41) is 0. The first-order valence-electron chi connectivity index (χ1n) is 12.4.